The fourth-order valence-electron chi connectivity index (χ4n) is 3.27. The Labute approximate surface area is 175 Å². The average Bonchev–Trinajstić information content (AvgIpc) is 3.15. The molecule has 0 aliphatic rings. The summed E-state index contributed by atoms with van der Waals surface area (Å²) in [5.74, 6) is 1.44. The van der Waals surface area contributed by atoms with Crippen molar-refractivity contribution in [3.05, 3.63) is 78.5 Å². The fraction of sp³-hybridized carbons (Fsp3) is 0.208. The van der Waals surface area contributed by atoms with Crippen molar-refractivity contribution in [3.8, 4) is 17.1 Å². The van der Waals surface area contributed by atoms with Gasteiger partial charge in [-0.25, -0.2) is 9.97 Å². The standard InChI is InChI=1S/C24H24N4O2/c1-18-10-12-19(13-11-18)23-27-21-9-5-14-26-24(21)28(23)16-6-15-25-22(29)17-30-20-7-3-2-4-8-20/h2-5,7-14H,6,15-17H2,1H3,(H,25,29). The van der Waals surface area contributed by atoms with Crippen LogP contribution in [0, 0.1) is 6.92 Å². The minimum absolute atomic E-state index is 0.00813. The molecule has 6 nitrogen and oxygen atoms in total. The van der Waals surface area contributed by atoms with E-state index in [4.69, 9.17) is 9.72 Å². The van der Waals surface area contributed by atoms with E-state index in [0.29, 0.717) is 18.8 Å². The number of aromatic nitrogens is 3. The molecule has 4 aromatic rings. The van der Waals surface area contributed by atoms with Crippen LogP contribution in [0.5, 0.6) is 5.75 Å². The molecule has 1 amide bonds. The molecule has 2 heterocycles. The van der Waals surface area contributed by atoms with Gasteiger partial charge >= 0.3 is 0 Å². The Morgan fingerprint density at radius 3 is 2.63 bits per heavy atom. The first-order valence-electron chi connectivity index (χ1n) is 10.0. The largest absolute Gasteiger partial charge is 0.484 e. The van der Waals surface area contributed by atoms with Gasteiger partial charge in [-0.3, -0.25) is 4.79 Å². The van der Waals surface area contributed by atoms with Crippen LogP contribution in [-0.4, -0.2) is 33.6 Å². The van der Waals surface area contributed by atoms with Crippen molar-refractivity contribution in [1.29, 1.82) is 0 Å². The minimum Gasteiger partial charge on any atom is -0.484 e. The first-order chi connectivity index (χ1) is 14.7. The number of benzene rings is 2. The second-order valence-electron chi connectivity index (χ2n) is 7.10. The third-order valence-electron chi connectivity index (χ3n) is 4.81. The highest BCUT2D eigenvalue weighted by Crippen LogP contribution is 2.24. The van der Waals surface area contributed by atoms with Gasteiger partial charge in [0.1, 0.15) is 17.1 Å². The van der Waals surface area contributed by atoms with Gasteiger partial charge in [-0.1, -0.05) is 48.0 Å². The lowest BCUT2D eigenvalue weighted by molar-refractivity contribution is -0.123. The number of rotatable bonds is 8. The number of hydrogen-bond donors (Lipinski definition) is 1. The van der Waals surface area contributed by atoms with Crippen LogP contribution in [0.25, 0.3) is 22.6 Å². The number of hydrogen-bond acceptors (Lipinski definition) is 4. The maximum absolute atomic E-state index is 12.0. The van der Waals surface area contributed by atoms with Gasteiger partial charge in [0, 0.05) is 24.8 Å². The molecule has 152 valence electrons. The highest BCUT2D eigenvalue weighted by molar-refractivity contribution is 5.78. The van der Waals surface area contributed by atoms with E-state index in [0.717, 1.165) is 29.0 Å². The van der Waals surface area contributed by atoms with Gasteiger partial charge in [0.15, 0.2) is 12.3 Å². The van der Waals surface area contributed by atoms with Crippen molar-refractivity contribution in [3.63, 3.8) is 0 Å². The molecule has 2 aromatic carbocycles. The molecule has 0 unspecified atom stereocenters. The van der Waals surface area contributed by atoms with E-state index in [1.54, 1.807) is 6.20 Å². The number of aryl methyl sites for hydroxylation is 2. The molecule has 1 N–H and O–H groups in total. The summed E-state index contributed by atoms with van der Waals surface area (Å²) in [6, 6.07) is 21.5. The molecule has 0 aliphatic carbocycles. The van der Waals surface area contributed by atoms with Crippen molar-refractivity contribution in [2.24, 2.45) is 0 Å². The SMILES string of the molecule is Cc1ccc(-c2nc3cccnc3n2CCCNC(=O)COc2ccccc2)cc1. The molecule has 0 radical (unpaired) electrons. The molecule has 2 aromatic heterocycles. The summed E-state index contributed by atoms with van der Waals surface area (Å²) in [5, 5.41) is 2.91. The number of carbonyl (C=O) groups excluding carboxylic acids is 1. The summed E-state index contributed by atoms with van der Waals surface area (Å²) in [7, 11) is 0. The molecule has 0 saturated heterocycles. The van der Waals surface area contributed by atoms with Gasteiger partial charge < -0.3 is 14.6 Å². The van der Waals surface area contributed by atoms with Gasteiger partial charge in [0.05, 0.1) is 0 Å². The van der Waals surface area contributed by atoms with Gasteiger partial charge in [0.25, 0.3) is 5.91 Å². The zero-order chi connectivity index (χ0) is 20.8. The number of amides is 1. The first kappa shape index (κ1) is 19.6. The van der Waals surface area contributed by atoms with E-state index in [9.17, 15) is 4.79 Å². The fourth-order valence-corrected chi connectivity index (χ4v) is 3.27. The van der Waals surface area contributed by atoms with E-state index in [1.807, 2.05) is 42.5 Å². The molecule has 30 heavy (non-hydrogen) atoms. The second kappa shape index (κ2) is 9.22. The number of ether oxygens (including phenoxy) is 1. The lowest BCUT2D eigenvalue weighted by Crippen LogP contribution is -2.30. The Morgan fingerprint density at radius 1 is 1.03 bits per heavy atom. The molecule has 0 fully saturated rings. The van der Waals surface area contributed by atoms with Crippen LogP contribution in [0.15, 0.2) is 72.9 Å². The molecule has 0 aliphatic heterocycles. The van der Waals surface area contributed by atoms with E-state index in [-0.39, 0.29) is 12.5 Å². The summed E-state index contributed by atoms with van der Waals surface area (Å²) in [6.45, 7) is 3.33. The third kappa shape index (κ3) is 4.66. The number of fused-ring (bicyclic) bond motifs is 1. The van der Waals surface area contributed by atoms with Crippen molar-refractivity contribution in [2.45, 2.75) is 19.9 Å². The zero-order valence-corrected chi connectivity index (χ0v) is 16.9. The Morgan fingerprint density at radius 2 is 1.83 bits per heavy atom. The van der Waals surface area contributed by atoms with E-state index < -0.39 is 0 Å². The maximum Gasteiger partial charge on any atom is 0.257 e. The van der Waals surface area contributed by atoms with Crippen LogP contribution in [0.4, 0.5) is 0 Å². The molecular formula is C24H24N4O2. The zero-order valence-electron chi connectivity index (χ0n) is 16.9. The highest BCUT2D eigenvalue weighted by Gasteiger charge is 2.13. The number of para-hydroxylation sites is 1. The number of nitrogens with one attached hydrogen (secondary N) is 1. The van der Waals surface area contributed by atoms with Crippen LogP contribution < -0.4 is 10.1 Å². The summed E-state index contributed by atoms with van der Waals surface area (Å²) >= 11 is 0. The van der Waals surface area contributed by atoms with Gasteiger partial charge in [0.2, 0.25) is 0 Å². The van der Waals surface area contributed by atoms with E-state index >= 15 is 0 Å². The lowest BCUT2D eigenvalue weighted by Gasteiger charge is -2.10. The first-order valence-corrected chi connectivity index (χ1v) is 10.0. The Kier molecular flexibility index (Phi) is 6.03. The summed E-state index contributed by atoms with van der Waals surface area (Å²) < 4.78 is 7.60. The molecular weight excluding hydrogens is 376 g/mol. The third-order valence-corrected chi connectivity index (χ3v) is 4.81. The van der Waals surface area contributed by atoms with Gasteiger partial charge in [-0.05, 0) is 37.6 Å². The molecule has 4 rings (SSSR count). The Hall–Kier alpha value is -3.67. The normalized spacial score (nSPS) is 10.8. The van der Waals surface area contributed by atoms with Crippen LogP contribution in [0.1, 0.15) is 12.0 Å². The number of pyridine rings is 1. The van der Waals surface area contributed by atoms with Crippen LogP contribution in [-0.2, 0) is 11.3 Å². The van der Waals surface area contributed by atoms with Crippen molar-refractivity contribution < 1.29 is 9.53 Å². The highest BCUT2D eigenvalue weighted by atomic mass is 16.5. The van der Waals surface area contributed by atoms with Gasteiger partial charge in [-0.2, -0.15) is 0 Å². The molecule has 6 heteroatoms. The number of nitrogens with zero attached hydrogens (tertiary/aromatic N) is 3. The molecule has 0 atom stereocenters. The predicted octanol–water partition coefficient (Wildman–Crippen LogP) is 3.99. The average molecular weight is 400 g/mol. The summed E-state index contributed by atoms with van der Waals surface area (Å²) in [4.78, 5) is 21.3. The van der Waals surface area contributed by atoms with Crippen LogP contribution in [0.3, 0.4) is 0 Å². The number of carbonyl (C=O) groups is 1. The predicted molar refractivity (Wildman–Crippen MR) is 117 cm³/mol. The van der Waals surface area contributed by atoms with E-state index in [1.165, 1.54) is 5.56 Å². The monoisotopic (exact) mass is 400 g/mol. The number of imidazole rings is 1. The molecule has 0 saturated carbocycles. The lowest BCUT2D eigenvalue weighted by atomic mass is 10.1. The summed E-state index contributed by atoms with van der Waals surface area (Å²) in [6.07, 6.45) is 2.54. The van der Waals surface area contributed by atoms with E-state index in [2.05, 4.69) is 46.1 Å². The Bertz CT molecular complexity index is 1120. The molecule has 0 bridgehead atoms. The Balaban J connectivity index is 1.38. The summed E-state index contributed by atoms with van der Waals surface area (Å²) in [5.41, 5.74) is 3.99. The minimum atomic E-state index is -0.133. The van der Waals surface area contributed by atoms with Crippen molar-refractivity contribution in [2.75, 3.05) is 13.2 Å². The smallest absolute Gasteiger partial charge is 0.257 e. The van der Waals surface area contributed by atoms with Gasteiger partial charge in [-0.15, -0.1) is 0 Å². The maximum atomic E-state index is 12.0. The quantitative estimate of drug-likeness (QED) is 0.454. The van der Waals surface area contributed by atoms with Crippen LogP contribution in [0.2, 0.25) is 0 Å². The van der Waals surface area contributed by atoms with Crippen LogP contribution >= 0.6 is 0 Å². The second-order valence-corrected chi connectivity index (χ2v) is 7.10. The molecule has 0 spiro atoms. The van der Waals surface area contributed by atoms with Crippen molar-refractivity contribution >= 4 is 17.1 Å². The van der Waals surface area contributed by atoms with Crippen molar-refractivity contribution in [1.82, 2.24) is 19.9 Å². The topological polar surface area (TPSA) is 69.0 Å².